The summed E-state index contributed by atoms with van der Waals surface area (Å²) in [4.78, 5) is 0. The first kappa shape index (κ1) is 13.4. The molecule has 1 aromatic carbocycles. The molecule has 0 amide bonds. The number of halogens is 2. The van der Waals surface area contributed by atoms with E-state index in [0.717, 1.165) is 16.3 Å². The summed E-state index contributed by atoms with van der Waals surface area (Å²) < 4.78 is 1.15. The van der Waals surface area contributed by atoms with Gasteiger partial charge in [-0.2, -0.15) is 0 Å². The Morgan fingerprint density at radius 3 is 2.18 bits per heavy atom. The number of alkyl halides is 1. The molecule has 1 aliphatic rings. The molecule has 0 aliphatic heterocycles. The van der Waals surface area contributed by atoms with Crippen molar-refractivity contribution in [3.63, 3.8) is 0 Å². The van der Waals surface area contributed by atoms with Gasteiger partial charge in [-0.1, -0.05) is 53.7 Å². The molecule has 0 spiro atoms. The van der Waals surface area contributed by atoms with Crippen LogP contribution in [0.15, 0.2) is 28.7 Å². The van der Waals surface area contributed by atoms with Crippen LogP contribution in [0.25, 0.3) is 0 Å². The molecule has 2 rings (SSSR count). The zero-order valence-electron chi connectivity index (χ0n) is 10.2. The molecule has 1 fully saturated rings. The summed E-state index contributed by atoms with van der Waals surface area (Å²) >= 11 is 9.71. The van der Waals surface area contributed by atoms with Crippen molar-refractivity contribution in [1.29, 1.82) is 0 Å². The van der Waals surface area contributed by atoms with E-state index in [0.29, 0.717) is 5.92 Å². The summed E-state index contributed by atoms with van der Waals surface area (Å²) in [5, 5.41) is 0. The smallest absolute Gasteiger partial charge is 0.0294 e. The van der Waals surface area contributed by atoms with Gasteiger partial charge in [0.2, 0.25) is 0 Å². The Labute approximate surface area is 118 Å². The van der Waals surface area contributed by atoms with Gasteiger partial charge in [0, 0.05) is 16.3 Å². The minimum absolute atomic E-state index is 0.544. The van der Waals surface area contributed by atoms with E-state index in [-0.39, 0.29) is 0 Å². The third-order valence-electron chi connectivity index (χ3n) is 3.93. The lowest BCUT2D eigenvalue weighted by atomic mass is 9.83. The second-order valence-corrected chi connectivity index (χ2v) is 6.29. The molecule has 0 aromatic heterocycles. The highest BCUT2D eigenvalue weighted by atomic mass is 79.9. The van der Waals surface area contributed by atoms with Gasteiger partial charge in [0.15, 0.2) is 0 Å². The van der Waals surface area contributed by atoms with E-state index in [9.17, 15) is 0 Å². The topological polar surface area (TPSA) is 0 Å². The third-order valence-corrected chi connectivity index (χ3v) is 4.79. The van der Waals surface area contributed by atoms with Crippen LogP contribution in [0.3, 0.4) is 0 Å². The van der Waals surface area contributed by atoms with Gasteiger partial charge < -0.3 is 0 Å². The molecular weight excluding hydrogens is 296 g/mol. The zero-order valence-corrected chi connectivity index (χ0v) is 12.5. The molecule has 94 valence electrons. The molecule has 0 bridgehead atoms. The Morgan fingerprint density at radius 1 is 1.06 bits per heavy atom. The Hall–Kier alpha value is -0.0100. The molecule has 1 saturated carbocycles. The minimum Gasteiger partial charge on any atom is -0.126 e. The molecule has 0 heterocycles. The lowest BCUT2D eigenvalue weighted by Crippen LogP contribution is -2.14. The van der Waals surface area contributed by atoms with E-state index < -0.39 is 0 Å². The molecule has 0 radical (unpaired) electrons. The van der Waals surface area contributed by atoms with Gasteiger partial charge in [-0.3, -0.25) is 0 Å². The lowest BCUT2D eigenvalue weighted by molar-refractivity contribution is 0.397. The van der Waals surface area contributed by atoms with Crippen LogP contribution < -0.4 is 0 Å². The Morgan fingerprint density at radius 2 is 1.65 bits per heavy atom. The van der Waals surface area contributed by atoms with Gasteiger partial charge >= 0.3 is 0 Å². The SMILES string of the molecule is ClCC(c1ccc(Br)cc1)C1CCCCCC1. The van der Waals surface area contributed by atoms with Gasteiger partial charge in [0.1, 0.15) is 0 Å². The summed E-state index contributed by atoms with van der Waals surface area (Å²) in [6.45, 7) is 0. The van der Waals surface area contributed by atoms with Gasteiger partial charge in [-0.25, -0.2) is 0 Å². The first-order valence-electron chi connectivity index (χ1n) is 6.62. The van der Waals surface area contributed by atoms with Crippen LogP contribution >= 0.6 is 27.5 Å². The maximum Gasteiger partial charge on any atom is 0.0294 e. The van der Waals surface area contributed by atoms with Crippen molar-refractivity contribution < 1.29 is 0 Å². The monoisotopic (exact) mass is 314 g/mol. The van der Waals surface area contributed by atoms with Crippen molar-refractivity contribution in [1.82, 2.24) is 0 Å². The molecule has 1 aliphatic carbocycles. The maximum absolute atomic E-state index is 6.22. The molecule has 1 atom stereocenters. The zero-order chi connectivity index (χ0) is 12.1. The van der Waals surface area contributed by atoms with Crippen molar-refractivity contribution in [2.45, 2.75) is 44.4 Å². The molecule has 1 aromatic rings. The number of hydrogen-bond donors (Lipinski definition) is 0. The summed E-state index contributed by atoms with van der Waals surface area (Å²) in [5.41, 5.74) is 1.41. The average Bonchev–Trinajstić information content (AvgIpc) is 2.62. The van der Waals surface area contributed by atoms with Gasteiger partial charge in [0.25, 0.3) is 0 Å². The molecule has 0 nitrogen and oxygen atoms in total. The van der Waals surface area contributed by atoms with Crippen molar-refractivity contribution in [3.8, 4) is 0 Å². The van der Waals surface area contributed by atoms with Gasteiger partial charge in [-0.15, -0.1) is 11.6 Å². The predicted octanol–water partition coefficient (Wildman–Crippen LogP) is 5.74. The highest BCUT2D eigenvalue weighted by Crippen LogP contribution is 2.36. The number of benzene rings is 1. The molecule has 2 heteroatoms. The number of rotatable bonds is 3. The Bertz CT molecular complexity index is 325. The van der Waals surface area contributed by atoms with Crippen LogP contribution in [0.2, 0.25) is 0 Å². The predicted molar refractivity (Wildman–Crippen MR) is 78.8 cm³/mol. The fourth-order valence-corrected chi connectivity index (χ4v) is 3.61. The molecule has 1 unspecified atom stereocenters. The lowest BCUT2D eigenvalue weighted by Gasteiger charge is -2.24. The fraction of sp³-hybridized carbons (Fsp3) is 0.600. The standard InChI is InChI=1S/C15H20BrCl/c16-14-9-7-13(8-10-14)15(11-17)12-5-3-1-2-4-6-12/h7-10,12,15H,1-6,11H2. The van der Waals surface area contributed by atoms with Crippen molar-refractivity contribution in [3.05, 3.63) is 34.3 Å². The molecular formula is C15H20BrCl. The Balaban J connectivity index is 2.11. The van der Waals surface area contributed by atoms with Crippen molar-refractivity contribution >= 4 is 27.5 Å². The second kappa shape index (κ2) is 6.80. The largest absolute Gasteiger partial charge is 0.126 e. The first-order valence-corrected chi connectivity index (χ1v) is 7.95. The van der Waals surface area contributed by atoms with E-state index in [1.165, 1.54) is 44.1 Å². The third kappa shape index (κ3) is 3.72. The van der Waals surface area contributed by atoms with Crippen LogP contribution in [0.4, 0.5) is 0 Å². The first-order chi connectivity index (χ1) is 8.31. The van der Waals surface area contributed by atoms with E-state index in [2.05, 4.69) is 40.2 Å². The highest BCUT2D eigenvalue weighted by molar-refractivity contribution is 9.10. The molecule has 17 heavy (non-hydrogen) atoms. The van der Waals surface area contributed by atoms with Crippen LogP contribution in [-0.4, -0.2) is 5.88 Å². The normalized spacial score (nSPS) is 19.9. The maximum atomic E-state index is 6.22. The average molecular weight is 316 g/mol. The van der Waals surface area contributed by atoms with Crippen LogP contribution in [0.1, 0.15) is 50.0 Å². The van der Waals surface area contributed by atoms with Crippen molar-refractivity contribution in [2.24, 2.45) is 5.92 Å². The fourth-order valence-electron chi connectivity index (χ4n) is 2.91. The quantitative estimate of drug-likeness (QED) is 0.492. The Kier molecular flexibility index (Phi) is 5.37. The molecule has 0 N–H and O–H groups in total. The molecule has 0 saturated heterocycles. The number of hydrogen-bond acceptors (Lipinski definition) is 0. The second-order valence-electron chi connectivity index (χ2n) is 5.06. The van der Waals surface area contributed by atoms with Gasteiger partial charge in [-0.05, 0) is 36.5 Å². The summed E-state index contributed by atoms with van der Waals surface area (Å²) in [6, 6.07) is 8.71. The van der Waals surface area contributed by atoms with Crippen LogP contribution in [-0.2, 0) is 0 Å². The van der Waals surface area contributed by atoms with Gasteiger partial charge in [0.05, 0.1) is 0 Å². The van der Waals surface area contributed by atoms with Crippen LogP contribution in [0, 0.1) is 5.92 Å². The highest BCUT2D eigenvalue weighted by Gasteiger charge is 2.23. The van der Waals surface area contributed by atoms with E-state index in [1.807, 2.05) is 0 Å². The van der Waals surface area contributed by atoms with E-state index >= 15 is 0 Å². The van der Waals surface area contributed by atoms with E-state index in [1.54, 1.807) is 0 Å². The summed E-state index contributed by atoms with van der Waals surface area (Å²) in [7, 11) is 0. The minimum atomic E-state index is 0.544. The summed E-state index contributed by atoms with van der Waals surface area (Å²) in [5.74, 6) is 2.09. The van der Waals surface area contributed by atoms with Crippen molar-refractivity contribution in [2.75, 3.05) is 5.88 Å². The van der Waals surface area contributed by atoms with E-state index in [4.69, 9.17) is 11.6 Å². The summed E-state index contributed by atoms with van der Waals surface area (Å²) in [6.07, 6.45) is 8.29. The van der Waals surface area contributed by atoms with Crippen LogP contribution in [0.5, 0.6) is 0 Å².